The van der Waals surface area contributed by atoms with Crippen molar-refractivity contribution < 1.29 is 0 Å². The molecular weight excluding hydrogens is 402 g/mol. The standard InChI is InChI=1S/C23H27ClN2P2/c1-25(2)28(24,26(3)4)20-27(21-14-8-5-9-15-21,22-16-10-6-11-17-22)23-18-12-7-13-19-23/h5-19H,1-4H3. The molecule has 0 bridgehead atoms. The first kappa shape index (κ1) is 21.2. The first-order valence-corrected chi connectivity index (χ1v) is 13.6. The lowest BCUT2D eigenvalue weighted by Gasteiger charge is -2.33. The molecule has 3 aromatic carbocycles. The molecule has 0 aromatic heterocycles. The third-order valence-electron chi connectivity index (χ3n) is 4.77. The van der Waals surface area contributed by atoms with Crippen LogP contribution < -0.4 is 15.9 Å². The molecule has 0 saturated carbocycles. The lowest BCUT2D eigenvalue weighted by Crippen LogP contribution is -2.27. The van der Waals surface area contributed by atoms with Gasteiger partial charge in [-0.05, 0) is 44.1 Å². The summed E-state index contributed by atoms with van der Waals surface area (Å²) in [4.78, 5) is 0. The van der Waals surface area contributed by atoms with Crippen LogP contribution in [0.4, 0.5) is 0 Å². The molecule has 146 valence electrons. The Hall–Kier alpha value is -1.49. The summed E-state index contributed by atoms with van der Waals surface area (Å²) in [6.07, 6.45) is 0. The van der Waals surface area contributed by atoms with E-state index in [1.54, 1.807) is 0 Å². The van der Waals surface area contributed by atoms with Crippen LogP contribution in [0, 0.1) is 0 Å². The fourth-order valence-electron chi connectivity index (χ4n) is 3.30. The second-order valence-electron chi connectivity index (χ2n) is 7.00. The highest BCUT2D eigenvalue weighted by atomic mass is 35.7. The number of hydrogen-bond donors (Lipinski definition) is 0. The minimum absolute atomic E-state index is 1.26. The summed E-state index contributed by atoms with van der Waals surface area (Å²) in [5.74, 6) is 0. The second kappa shape index (κ2) is 8.89. The van der Waals surface area contributed by atoms with E-state index in [-0.39, 0.29) is 0 Å². The van der Waals surface area contributed by atoms with Crippen LogP contribution in [0.3, 0.4) is 0 Å². The number of nitrogens with zero attached hydrogens (tertiary/aromatic N) is 2. The maximum Gasteiger partial charge on any atom is 0.143 e. The molecule has 0 amide bonds. The van der Waals surface area contributed by atoms with Crippen LogP contribution in [0.25, 0.3) is 0 Å². The lowest BCUT2D eigenvalue weighted by atomic mass is 10.4. The molecule has 5 heteroatoms. The minimum atomic E-state index is -2.29. The topological polar surface area (TPSA) is 6.48 Å². The van der Waals surface area contributed by atoms with Gasteiger partial charge in [-0.1, -0.05) is 107 Å². The van der Waals surface area contributed by atoms with E-state index in [0.29, 0.717) is 0 Å². The Morgan fingerprint density at radius 2 is 0.857 bits per heavy atom. The molecule has 0 spiro atoms. The zero-order valence-corrected chi connectivity index (χ0v) is 19.4. The maximum atomic E-state index is 7.32. The number of halogens is 1. The Bertz CT molecular complexity index is 911. The van der Waals surface area contributed by atoms with Gasteiger partial charge in [0.2, 0.25) is 0 Å². The Balaban J connectivity index is 2.67. The molecule has 0 fully saturated rings. The summed E-state index contributed by atoms with van der Waals surface area (Å²) in [6, 6.07) is 32.1. The summed E-state index contributed by atoms with van der Waals surface area (Å²) in [5, 5.41) is 7.83. The zero-order valence-electron chi connectivity index (χ0n) is 16.8. The van der Waals surface area contributed by atoms with Crippen molar-refractivity contribution >= 4 is 45.8 Å². The fraction of sp³-hybridized carbons (Fsp3) is 0.174. The van der Waals surface area contributed by atoms with E-state index < -0.39 is 13.4 Å². The van der Waals surface area contributed by atoms with Crippen LogP contribution in [0.2, 0.25) is 0 Å². The van der Waals surface area contributed by atoms with Gasteiger partial charge >= 0.3 is 0 Å². The molecule has 0 unspecified atom stereocenters. The quantitative estimate of drug-likeness (QED) is 0.541. The van der Waals surface area contributed by atoms with Gasteiger partial charge in [-0.15, -0.1) is 0 Å². The number of benzene rings is 3. The molecular formula is C23H27ClN2P2. The third kappa shape index (κ3) is 3.96. The Kier molecular flexibility index (Phi) is 6.74. The van der Waals surface area contributed by atoms with E-state index in [9.17, 15) is 0 Å². The highest BCUT2D eigenvalue weighted by Gasteiger charge is 2.29. The lowest BCUT2D eigenvalue weighted by molar-refractivity contribution is 0.586. The van der Waals surface area contributed by atoms with Gasteiger partial charge in [0.25, 0.3) is 0 Å². The van der Waals surface area contributed by atoms with Crippen LogP contribution in [0.15, 0.2) is 91.0 Å². The minimum Gasteiger partial charge on any atom is -0.260 e. The predicted molar refractivity (Wildman–Crippen MR) is 130 cm³/mol. The van der Waals surface area contributed by atoms with Gasteiger partial charge in [0.15, 0.2) is 0 Å². The molecule has 2 nitrogen and oxygen atoms in total. The largest absolute Gasteiger partial charge is 0.260 e. The summed E-state index contributed by atoms with van der Waals surface area (Å²) >= 11 is 7.32. The van der Waals surface area contributed by atoms with Gasteiger partial charge in [0.1, 0.15) is 6.54 Å². The molecule has 0 saturated heterocycles. The normalized spacial score (nSPS) is 12.2. The summed E-state index contributed by atoms with van der Waals surface area (Å²) in [5.41, 5.74) is 0. The Morgan fingerprint density at radius 3 is 1.11 bits per heavy atom. The van der Waals surface area contributed by atoms with Crippen LogP contribution >= 0.6 is 24.7 Å². The summed E-state index contributed by atoms with van der Waals surface area (Å²) in [7, 11) is 8.18. The zero-order chi connectivity index (χ0) is 20.2. The van der Waals surface area contributed by atoms with Gasteiger partial charge in [-0.2, -0.15) is 0 Å². The highest BCUT2D eigenvalue weighted by molar-refractivity contribution is 8.06. The van der Waals surface area contributed by atoms with Gasteiger partial charge in [-0.25, -0.2) is 0 Å². The molecule has 3 rings (SSSR count). The van der Waals surface area contributed by atoms with Gasteiger partial charge in [-0.3, -0.25) is 9.34 Å². The van der Waals surface area contributed by atoms with Crippen molar-refractivity contribution in [3.05, 3.63) is 91.0 Å². The molecule has 28 heavy (non-hydrogen) atoms. The van der Waals surface area contributed by atoms with E-state index >= 15 is 0 Å². The van der Waals surface area contributed by atoms with Crippen molar-refractivity contribution in [1.29, 1.82) is 0 Å². The number of hydrogen-bond acceptors (Lipinski definition) is 2. The Morgan fingerprint density at radius 1 is 0.571 bits per heavy atom. The predicted octanol–water partition coefficient (Wildman–Crippen LogP) is 4.74. The smallest absolute Gasteiger partial charge is 0.143 e. The van der Waals surface area contributed by atoms with Crippen LogP contribution in [-0.4, -0.2) is 42.7 Å². The van der Waals surface area contributed by atoms with E-state index in [1.165, 1.54) is 15.9 Å². The van der Waals surface area contributed by atoms with Crippen molar-refractivity contribution in [2.24, 2.45) is 0 Å². The van der Waals surface area contributed by atoms with Crippen molar-refractivity contribution in [3.63, 3.8) is 0 Å². The second-order valence-corrected chi connectivity index (χ2v) is 14.8. The molecule has 0 heterocycles. The van der Waals surface area contributed by atoms with E-state index in [2.05, 4.69) is 106 Å². The van der Waals surface area contributed by atoms with Gasteiger partial charge in [0, 0.05) is 6.89 Å². The molecule has 0 radical (unpaired) electrons. The first-order chi connectivity index (χ1) is 13.4. The van der Waals surface area contributed by atoms with E-state index in [1.807, 2.05) is 28.2 Å². The highest BCUT2D eigenvalue weighted by Crippen LogP contribution is 2.59. The van der Waals surface area contributed by atoms with Crippen LogP contribution in [-0.2, 0) is 0 Å². The van der Waals surface area contributed by atoms with Crippen molar-refractivity contribution in [3.8, 4) is 0 Å². The maximum absolute atomic E-state index is 7.32. The van der Waals surface area contributed by atoms with Crippen LogP contribution in [0.1, 0.15) is 0 Å². The first-order valence-electron chi connectivity index (χ1n) is 9.21. The van der Waals surface area contributed by atoms with Gasteiger partial charge < -0.3 is 0 Å². The summed E-state index contributed by atoms with van der Waals surface area (Å²) < 4.78 is 4.25. The van der Waals surface area contributed by atoms with Crippen LogP contribution in [0.5, 0.6) is 0 Å². The molecule has 0 aliphatic heterocycles. The van der Waals surface area contributed by atoms with E-state index in [0.717, 1.165) is 0 Å². The molecule has 0 N–H and O–H groups in total. The monoisotopic (exact) mass is 428 g/mol. The average molecular weight is 429 g/mol. The summed E-state index contributed by atoms with van der Waals surface area (Å²) in [6.45, 7) is -4.49. The van der Waals surface area contributed by atoms with E-state index in [4.69, 9.17) is 11.2 Å². The molecule has 3 aromatic rings. The molecule has 0 aliphatic carbocycles. The van der Waals surface area contributed by atoms with Gasteiger partial charge in [0.05, 0.1) is 0 Å². The van der Waals surface area contributed by atoms with Crippen molar-refractivity contribution in [2.75, 3.05) is 28.2 Å². The fourth-order valence-corrected chi connectivity index (χ4v) is 12.1. The third-order valence-corrected chi connectivity index (χ3v) is 14.8. The average Bonchev–Trinajstić information content (AvgIpc) is 2.73. The Labute approximate surface area is 174 Å². The molecule has 0 aliphatic rings. The molecule has 0 atom stereocenters. The number of rotatable bonds is 5. The SMILES string of the molecule is CN(C)P(Cl)(=C=P(c1ccccc1)(c1ccccc1)c1ccccc1)N(C)C. The van der Waals surface area contributed by atoms with Crippen molar-refractivity contribution in [2.45, 2.75) is 0 Å². The van der Waals surface area contributed by atoms with Crippen molar-refractivity contribution in [1.82, 2.24) is 9.34 Å².